The van der Waals surface area contributed by atoms with Gasteiger partial charge in [-0.25, -0.2) is 9.37 Å². The lowest BCUT2D eigenvalue weighted by Gasteiger charge is -2.18. The molecule has 3 aromatic rings. The van der Waals surface area contributed by atoms with Crippen molar-refractivity contribution >= 4 is 10.9 Å². The summed E-state index contributed by atoms with van der Waals surface area (Å²) >= 11 is 0. The average Bonchev–Trinajstić information content (AvgIpc) is 2.48. The topological polar surface area (TPSA) is 67.8 Å². The Kier molecular flexibility index (Phi) is 3.51. The van der Waals surface area contributed by atoms with Crippen LogP contribution in [0.3, 0.4) is 0 Å². The minimum Gasteiger partial charge on any atom is -0.313 e. The number of alkyl halides is 3. The van der Waals surface area contributed by atoms with Crippen LogP contribution < -0.4 is 11.1 Å². The zero-order valence-corrected chi connectivity index (χ0v) is 12.1. The highest BCUT2D eigenvalue weighted by molar-refractivity contribution is 5.77. The summed E-state index contributed by atoms with van der Waals surface area (Å²) in [5, 5.41) is -0.514. The third kappa shape index (κ3) is 2.38. The molecule has 9 heteroatoms. The zero-order valence-electron chi connectivity index (χ0n) is 12.1. The van der Waals surface area contributed by atoms with Crippen LogP contribution in [0.1, 0.15) is 11.3 Å². The molecule has 5 nitrogen and oxygen atoms in total. The molecule has 24 heavy (non-hydrogen) atoms. The van der Waals surface area contributed by atoms with Gasteiger partial charge in [-0.2, -0.15) is 13.2 Å². The van der Waals surface area contributed by atoms with Gasteiger partial charge in [0.2, 0.25) is 0 Å². The fourth-order valence-corrected chi connectivity index (χ4v) is 2.47. The predicted octanol–water partition coefficient (Wildman–Crippen LogP) is 2.54. The molecule has 124 valence electrons. The molecule has 2 heterocycles. The number of halogens is 4. The Morgan fingerprint density at radius 2 is 1.92 bits per heavy atom. The van der Waals surface area contributed by atoms with Crippen molar-refractivity contribution in [2.24, 2.45) is 0 Å². The van der Waals surface area contributed by atoms with Gasteiger partial charge < -0.3 is 4.98 Å². The molecule has 0 amide bonds. The number of benzene rings is 1. The minimum atomic E-state index is -4.98. The van der Waals surface area contributed by atoms with Crippen LogP contribution in [0.5, 0.6) is 0 Å². The van der Waals surface area contributed by atoms with Crippen LogP contribution in [0.4, 0.5) is 17.6 Å². The van der Waals surface area contributed by atoms with E-state index in [9.17, 15) is 27.2 Å². The van der Waals surface area contributed by atoms with Gasteiger partial charge in [-0.1, -0.05) is 12.1 Å². The van der Waals surface area contributed by atoms with Gasteiger partial charge >= 0.3 is 6.18 Å². The Hall–Kier alpha value is -2.97. The number of fused-ring (bicyclic) bond motifs is 1. The number of pyridine rings is 1. The minimum absolute atomic E-state index is 0.131. The Balaban J connectivity index is 2.59. The highest BCUT2D eigenvalue weighted by atomic mass is 19.4. The summed E-state index contributed by atoms with van der Waals surface area (Å²) in [6.45, 7) is 1.38. The van der Waals surface area contributed by atoms with Gasteiger partial charge in [-0.05, 0) is 24.6 Å². The molecule has 2 aromatic heterocycles. The van der Waals surface area contributed by atoms with E-state index >= 15 is 0 Å². The number of aromatic nitrogens is 3. The number of nitrogens with zero attached hydrogens (tertiary/aromatic N) is 2. The van der Waals surface area contributed by atoms with Gasteiger partial charge in [-0.3, -0.25) is 14.2 Å². The van der Waals surface area contributed by atoms with E-state index in [1.807, 2.05) is 0 Å². The Labute approximate surface area is 131 Å². The van der Waals surface area contributed by atoms with Crippen LogP contribution >= 0.6 is 0 Å². The van der Waals surface area contributed by atoms with Crippen LogP contribution in [-0.4, -0.2) is 14.5 Å². The first-order valence-electron chi connectivity index (χ1n) is 6.68. The lowest BCUT2D eigenvalue weighted by Crippen LogP contribution is -2.30. The maximum Gasteiger partial charge on any atom is 0.431 e. The van der Waals surface area contributed by atoms with E-state index in [-0.39, 0.29) is 10.1 Å². The molecule has 0 spiro atoms. The Morgan fingerprint density at radius 1 is 1.21 bits per heavy atom. The van der Waals surface area contributed by atoms with Gasteiger partial charge in [0.25, 0.3) is 11.1 Å². The molecule has 1 aromatic carbocycles. The van der Waals surface area contributed by atoms with Crippen molar-refractivity contribution in [3.63, 3.8) is 0 Å². The van der Waals surface area contributed by atoms with E-state index < -0.39 is 45.4 Å². The molecule has 0 saturated carbocycles. The standard InChI is InChI=1S/C15H9F4N3O2/c1-7-3-2-4-9(16)12(7)22-10(15(17,18)19)5-8-11(14(22)24)20-6-21-13(8)23/h2-6H,1H3,(H,20,21,23). The zero-order chi connectivity index (χ0) is 17.6. The molecule has 0 unspecified atom stereocenters. The van der Waals surface area contributed by atoms with Crippen molar-refractivity contribution in [3.8, 4) is 5.69 Å². The second-order valence-electron chi connectivity index (χ2n) is 5.07. The summed E-state index contributed by atoms with van der Waals surface area (Å²) < 4.78 is 54.6. The lowest BCUT2D eigenvalue weighted by molar-refractivity contribution is -0.142. The summed E-state index contributed by atoms with van der Waals surface area (Å²) in [6, 6.07) is 4.13. The first-order chi connectivity index (χ1) is 11.2. The molecule has 0 aliphatic carbocycles. The summed E-state index contributed by atoms with van der Waals surface area (Å²) in [7, 11) is 0. The first kappa shape index (κ1) is 15.9. The molecule has 1 N–H and O–H groups in total. The van der Waals surface area contributed by atoms with E-state index in [1.54, 1.807) is 0 Å². The van der Waals surface area contributed by atoms with Gasteiger partial charge in [0.05, 0.1) is 17.4 Å². The van der Waals surface area contributed by atoms with E-state index in [0.717, 1.165) is 12.4 Å². The van der Waals surface area contributed by atoms with Crippen molar-refractivity contribution in [2.75, 3.05) is 0 Å². The maximum atomic E-state index is 14.1. The molecule has 3 rings (SSSR count). The van der Waals surface area contributed by atoms with E-state index in [4.69, 9.17) is 0 Å². The second kappa shape index (κ2) is 5.29. The van der Waals surface area contributed by atoms with Gasteiger partial charge in [0, 0.05) is 0 Å². The number of hydrogen-bond acceptors (Lipinski definition) is 3. The summed E-state index contributed by atoms with van der Waals surface area (Å²) in [6.07, 6.45) is -4.08. The summed E-state index contributed by atoms with van der Waals surface area (Å²) in [4.78, 5) is 30.0. The summed E-state index contributed by atoms with van der Waals surface area (Å²) in [5.74, 6) is -0.994. The third-order valence-electron chi connectivity index (χ3n) is 3.52. The van der Waals surface area contributed by atoms with Crippen LogP contribution in [0.2, 0.25) is 0 Å². The molecule has 0 saturated heterocycles. The molecule has 0 atom stereocenters. The monoisotopic (exact) mass is 339 g/mol. The van der Waals surface area contributed by atoms with Crippen LogP contribution in [0.25, 0.3) is 16.6 Å². The van der Waals surface area contributed by atoms with Gasteiger partial charge in [-0.15, -0.1) is 0 Å². The third-order valence-corrected chi connectivity index (χ3v) is 3.52. The quantitative estimate of drug-likeness (QED) is 0.693. The SMILES string of the molecule is Cc1cccc(F)c1-n1c(C(F)(F)F)cc2c(=O)[nH]cnc2c1=O. The molecule has 0 fully saturated rings. The van der Waals surface area contributed by atoms with Crippen molar-refractivity contribution < 1.29 is 17.6 Å². The van der Waals surface area contributed by atoms with Gasteiger partial charge in [0.15, 0.2) is 0 Å². The number of aromatic amines is 1. The number of para-hydroxylation sites is 1. The second-order valence-corrected chi connectivity index (χ2v) is 5.07. The maximum absolute atomic E-state index is 14.1. The molecule has 0 aliphatic rings. The highest BCUT2D eigenvalue weighted by Gasteiger charge is 2.37. The number of nitrogens with one attached hydrogen (secondary N) is 1. The molecular formula is C15H9F4N3O2. The van der Waals surface area contributed by atoms with Crippen LogP contribution in [-0.2, 0) is 6.18 Å². The lowest BCUT2D eigenvalue weighted by atomic mass is 10.1. The fourth-order valence-electron chi connectivity index (χ4n) is 2.47. The Morgan fingerprint density at radius 3 is 2.54 bits per heavy atom. The van der Waals surface area contributed by atoms with E-state index in [2.05, 4.69) is 9.97 Å². The number of hydrogen-bond donors (Lipinski definition) is 1. The van der Waals surface area contributed by atoms with Crippen LogP contribution in [0.15, 0.2) is 40.2 Å². The molecule has 0 radical (unpaired) electrons. The fraction of sp³-hybridized carbons (Fsp3) is 0.133. The largest absolute Gasteiger partial charge is 0.431 e. The van der Waals surface area contributed by atoms with Crippen molar-refractivity contribution in [2.45, 2.75) is 13.1 Å². The molecule has 0 aliphatic heterocycles. The number of rotatable bonds is 1. The van der Waals surface area contributed by atoms with E-state index in [1.165, 1.54) is 19.1 Å². The number of H-pyrrole nitrogens is 1. The van der Waals surface area contributed by atoms with Gasteiger partial charge in [0.1, 0.15) is 17.0 Å². The Bertz CT molecular complexity index is 1050. The van der Waals surface area contributed by atoms with Crippen LogP contribution in [0, 0.1) is 12.7 Å². The smallest absolute Gasteiger partial charge is 0.313 e. The van der Waals surface area contributed by atoms with Crippen molar-refractivity contribution in [1.29, 1.82) is 0 Å². The van der Waals surface area contributed by atoms with Crippen molar-refractivity contribution in [3.05, 3.63) is 68.4 Å². The van der Waals surface area contributed by atoms with E-state index in [0.29, 0.717) is 6.07 Å². The highest BCUT2D eigenvalue weighted by Crippen LogP contribution is 2.32. The normalized spacial score (nSPS) is 11.9. The summed E-state index contributed by atoms with van der Waals surface area (Å²) in [5.41, 5.74) is -4.44. The predicted molar refractivity (Wildman–Crippen MR) is 77.7 cm³/mol. The molecular weight excluding hydrogens is 330 g/mol. The van der Waals surface area contributed by atoms with Crippen molar-refractivity contribution in [1.82, 2.24) is 14.5 Å². The molecule has 0 bridgehead atoms. The first-order valence-corrected chi connectivity index (χ1v) is 6.68. The number of aryl methyl sites for hydroxylation is 1. The average molecular weight is 339 g/mol.